The molecule has 1 aliphatic heterocycles. The van der Waals surface area contributed by atoms with Gasteiger partial charge in [0, 0.05) is 20.1 Å². The summed E-state index contributed by atoms with van der Waals surface area (Å²) in [7, 11) is 1.84. The van der Waals surface area contributed by atoms with Gasteiger partial charge in [0.2, 0.25) is 5.89 Å². The third-order valence-electron chi connectivity index (χ3n) is 6.14. The predicted molar refractivity (Wildman–Crippen MR) is 138 cm³/mol. The van der Waals surface area contributed by atoms with Crippen molar-refractivity contribution in [2.45, 2.75) is 53.0 Å². The lowest BCUT2D eigenvalue weighted by Gasteiger charge is -2.31. The first-order valence-corrected chi connectivity index (χ1v) is 11.1. The molecule has 2 heterocycles. The summed E-state index contributed by atoms with van der Waals surface area (Å²) in [6, 6.07) is 8.78. The van der Waals surface area contributed by atoms with E-state index in [1.807, 2.05) is 20.9 Å². The fourth-order valence-electron chi connectivity index (χ4n) is 3.87. The van der Waals surface area contributed by atoms with Gasteiger partial charge in [-0.15, -0.1) is 24.0 Å². The van der Waals surface area contributed by atoms with Crippen LogP contribution in [-0.4, -0.2) is 49.1 Å². The summed E-state index contributed by atoms with van der Waals surface area (Å²) in [5.41, 5.74) is 3.65. The van der Waals surface area contributed by atoms with Gasteiger partial charge in [0.1, 0.15) is 5.76 Å². The maximum atomic E-state index is 5.73. The molecule has 6 nitrogen and oxygen atoms in total. The van der Waals surface area contributed by atoms with E-state index < -0.39 is 0 Å². The van der Waals surface area contributed by atoms with Crippen LogP contribution in [0.25, 0.3) is 0 Å². The lowest BCUT2D eigenvalue weighted by molar-refractivity contribution is 0.164. The van der Waals surface area contributed by atoms with Crippen LogP contribution in [0.5, 0.6) is 0 Å². The summed E-state index contributed by atoms with van der Waals surface area (Å²) >= 11 is 0. The van der Waals surface area contributed by atoms with Crippen LogP contribution in [0.1, 0.15) is 54.2 Å². The third-order valence-corrected chi connectivity index (χ3v) is 6.14. The van der Waals surface area contributed by atoms with E-state index >= 15 is 0 Å². The van der Waals surface area contributed by atoms with Gasteiger partial charge in [0.25, 0.3) is 0 Å². The highest BCUT2D eigenvalue weighted by molar-refractivity contribution is 14.0. The number of halogens is 1. The van der Waals surface area contributed by atoms with Gasteiger partial charge in [-0.3, -0.25) is 9.89 Å². The molecule has 1 aliphatic rings. The van der Waals surface area contributed by atoms with Gasteiger partial charge in [-0.05, 0) is 64.1 Å². The summed E-state index contributed by atoms with van der Waals surface area (Å²) in [6.07, 6.45) is 2.37. The lowest BCUT2D eigenvalue weighted by Crippen LogP contribution is -2.43. The molecule has 0 aliphatic carbocycles. The average molecular weight is 540 g/mol. The van der Waals surface area contributed by atoms with Crippen molar-refractivity contribution in [2.24, 2.45) is 10.9 Å². The number of oxazole rings is 1. The van der Waals surface area contributed by atoms with E-state index in [-0.39, 0.29) is 24.0 Å². The minimum Gasteiger partial charge on any atom is -0.444 e. The van der Waals surface area contributed by atoms with E-state index in [2.05, 4.69) is 63.6 Å². The van der Waals surface area contributed by atoms with Gasteiger partial charge < -0.3 is 15.1 Å². The fourth-order valence-corrected chi connectivity index (χ4v) is 3.87. The zero-order chi connectivity index (χ0) is 21.5. The van der Waals surface area contributed by atoms with Crippen molar-refractivity contribution in [3.63, 3.8) is 0 Å². The Hall–Kier alpha value is -1.61. The molecule has 1 saturated heterocycles. The smallest absolute Gasteiger partial charge is 0.208 e. The molecular weight excluding hydrogens is 501 g/mol. The summed E-state index contributed by atoms with van der Waals surface area (Å²) in [6.45, 7) is 13.2. The van der Waals surface area contributed by atoms with Crippen molar-refractivity contribution < 1.29 is 4.42 Å². The Kier molecular flexibility index (Phi) is 10.3. The van der Waals surface area contributed by atoms with Gasteiger partial charge in [0.05, 0.1) is 12.2 Å². The number of hydrogen-bond acceptors (Lipinski definition) is 4. The summed E-state index contributed by atoms with van der Waals surface area (Å²) in [4.78, 5) is 11.3. The van der Waals surface area contributed by atoms with Crippen molar-refractivity contribution in [1.82, 2.24) is 20.5 Å². The molecule has 2 N–H and O–H groups in total. The Morgan fingerprint density at radius 2 is 1.84 bits per heavy atom. The van der Waals surface area contributed by atoms with Crippen molar-refractivity contribution >= 4 is 29.9 Å². The third kappa shape index (κ3) is 7.79. The standard InChI is InChI=1S/C24H37N5O.HI/c1-17-6-8-22(9-7-17)18(2)14-26-24(25-5)27-15-21-10-12-29(13-11-21)16-23-28-19(3)20(4)30-23;/h6-9,18,21H,10-16H2,1-5H3,(H2,25,26,27);1H. The SMILES string of the molecule is CN=C(NCC1CCN(Cc2nc(C)c(C)o2)CC1)NCC(C)c1ccc(C)cc1.I. The largest absolute Gasteiger partial charge is 0.444 e. The normalized spacial score (nSPS) is 16.6. The van der Waals surface area contributed by atoms with Gasteiger partial charge in [-0.2, -0.15) is 0 Å². The Morgan fingerprint density at radius 1 is 1.16 bits per heavy atom. The molecule has 1 unspecified atom stereocenters. The second-order valence-electron chi connectivity index (χ2n) is 8.61. The van der Waals surface area contributed by atoms with Crippen LogP contribution in [0.2, 0.25) is 0 Å². The van der Waals surface area contributed by atoms with E-state index in [9.17, 15) is 0 Å². The van der Waals surface area contributed by atoms with E-state index in [0.29, 0.717) is 11.8 Å². The molecule has 1 fully saturated rings. The van der Waals surface area contributed by atoms with E-state index in [4.69, 9.17) is 4.42 Å². The van der Waals surface area contributed by atoms with Crippen LogP contribution in [0, 0.1) is 26.7 Å². The molecule has 1 atom stereocenters. The number of likely N-dealkylation sites (tertiary alicyclic amines) is 1. The van der Waals surface area contributed by atoms with Crippen molar-refractivity contribution in [3.05, 3.63) is 52.7 Å². The number of aryl methyl sites for hydroxylation is 3. The molecule has 2 aromatic rings. The summed E-state index contributed by atoms with van der Waals surface area (Å²) in [5.74, 6) is 3.77. The van der Waals surface area contributed by atoms with Crippen LogP contribution < -0.4 is 10.6 Å². The van der Waals surface area contributed by atoms with Gasteiger partial charge >= 0.3 is 0 Å². The zero-order valence-corrected chi connectivity index (χ0v) is 21.9. The van der Waals surface area contributed by atoms with E-state index in [0.717, 1.165) is 56.0 Å². The predicted octanol–water partition coefficient (Wildman–Crippen LogP) is 4.40. The second-order valence-corrected chi connectivity index (χ2v) is 8.61. The van der Waals surface area contributed by atoms with Crippen molar-refractivity contribution in [3.8, 4) is 0 Å². The first-order valence-electron chi connectivity index (χ1n) is 11.1. The molecule has 0 radical (unpaired) electrons. The Labute approximate surface area is 204 Å². The Balaban J connectivity index is 0.00000341. The number of piperidine rings is 1. The molecule has 0 amide bonds. The molecule has 0 spiro atoms. The number of hydrogen-bond donors (Lipinski definition) is 2. The molecule has 7 heteroatoms. The van der Waals surface area contributed by atoms with Crippen molar-refractivity contribution in [1.29, 1.82) is 0 Å². The number of aliphatic imine (C=N–C) groups is 1. The van der Waals surface area contributed by atoms with Crippen molar-refractivity contribution in [2.75, 3.05) is 33.2 Å². The Bertz CT molecular complexity index is 805. The minimum absolute atomic E-state index is 0. The van der Waals surface area contributed by atoms with Crippen LogP contribution in [0.3, 0.4) is 0 Å². The zero-order valence-electron chi connectivity index (χ0n) is 19.6. The maximum absolute atomic E-state index is 5.73. The number of benzene rings is 1. The summed E-state index contributed by atoms with van der Waals surface area (Å²) < 4.78 is 5.73. The van der Waals surface area contributed by atoms with E-state index in [1.165, 1.54) is 24.0 Å². The van der Waals surface area contributed by atoms with Gasteiger partial charge in [-0.25, -0.2) is 4.98 Å². The topological polar surface area (TPSA) is 65.7 Å². The van der Waals surface area contributed by atoms with Crippen LogP contribution in [0.15, 0.2) is 33.7 Å². The van der Waals surface area contributed by atoms with Crippen LogP contribution >= 0.6 is 24.0 Å². The molecular formula is C24H38IN5O. The number of rotatable bonds is 7. The monoisotopic (exact) mass is 539 g/mol. The molecule has 3 rings (SSSR count). The fraction of sp³-hybridized carbons (Fsp3) is 0.583. The van der Waals surface area contributed by atoms with Crippen LogP contribution in [-0.2, 0) is 6.54 Å². The molecule has 1 aromatic carbocycles. The first-order chi connectivity index (χ1) is 14.4. The Morgan fingerprint density at radius 3 is 2.42 bits per heavy atom. The molecule has 0 saturated carbocycles. The average Bonchev–Trinajstić information content (AvgIpc) is 3.06. The highest BCUT2D eigenvalue weighted by atomic mass is 127. The minimum atomic E-state index is 0. The molecule has 0 bridgehead atoms. The lowest BCUT2D eigenvalue weighted by atomic mass is 9.97. The summed E-state index contributed by atoms with van der Waals surface area (Å²) in [5, 5.41) is 7.00. The number of aromatic nitrogens is 1. The molecule has 31 heavy (non-hydrogen) atoms. The number of guanidine groups is 1. The maximum Gasteiger partial charge on any atom is 0.208 e. The quantitative estimate of drug-likeness (QED) is 0.310. The second kappa shape index (κ2) is 12.4. The number of nitrogens with one attached hydrogen (secondary N) is 2. The molecule has 172 valence electrons. The number of nitrogens with zero attached hydrogens (tertiary/aromatic N) is 3. The highest BCUT2D eigenvalue weighted by Gasteiger charge is 2.21. The molecule has 1 aromatic heterocycles. The van der Waals surface area contributed by atoms with Gasteiger partial charge in [-0.1, -0.05) is 36.8 Å². The van der Waals surface area contributed by atoms with Crippen LogP contribution in [0.4, 0.5) is 0 Å². The highest BCUT2D eigenvalue weighted by Crippen LogP contribution is 2.19. The first kappa shape index (κ1) is 25.6. The van der Waals surface area contributed by atoms with E-state index in [1.54, 1.807) is 0 Å². The van der Waals surface area contributed by atoms with Gasteiger partial charge in [0.15, 0.2) is 5.96 Å².